The van der Waals surface area contributed by atoms with Crippen molar-refractivity contribution in [1.29, 1.82) is 0 Å². The lowest BCUT2D eigenvalue weighted by molar-refractivity contribution is -0.137. The van der Waals surface area contributed by atoms with Gasteiger partial charge in [0.1, 0.15) is 0 Å². The lowest BCUT2D eigenvalue weighted by Gasteiger charge is -2.09. The van der Waals surface area contributed by atoms with Gasteiger partial charge in [0.25, 0.3) is 0 Å². The van der Waals surface area contributed by atoms with Crippen molar-refractivity contribution in [3.63, 3.8) is 0 Å². The van der Waals surface area contributed by atoms with E-state index < -0.39 is 17.6 Å². The Hall–Kier alpha value is -2.38. The molecule has 21 heavy (non-hydrogen) atoms. The predicted molar refractivity (Wildman–Crippen MR) is 67.0 cm³/mol. The fourth-order valence-electron chi connectivity index (χ4n) is 1.60. The van der Waals surface area contributed by atoms with Crippen LogP contribution in [0.25, 0.3) is 0 Å². The summed E-state index contributed by atoms with van der Waals surface area (Å²) < 4.78 is 55.6. The molecule has 0 amide bonds. The lowest BCUT2D eigenvalue weighted by Crippen LogP contribution is -2.08. The smallest absolute Gasteiger partial charge is 0.416 e. The molecule has 2 N–H and O–H groups in total. The Labute approximate surface area is 117 Å². The number of nitrogens with zero attached hydrogens (tertiary/aromatic N) is 2. The number of hydrogen-bond donors (Lipinski definition) is 1. The summed E-state index contributed by atoms with van der Waals surface area (Å²) in [5.74, 6) is -1.11. The van der Waals surface area contributed by atoms with E-state index in [-0.39, 0.29) is 24.9 Å². The Balaban J connectivity index is 1.96. The molecule has 0 fully saturated rings. The van der Waals surface area contributed by atoms with E-state index in [9.17, 15) is 17.6 Å². The molecule has 0 aliphatic rings. The third kappa shape index (κ3) is 4.04. The van der Waals surface area contributed by atoms with E-state index in [2.05, 4.69) is 9.97 Å². The zero-order valence-electron chi connectivity index (χ0n) is 10.7. The van der Waals surface area contributed by atoms with Crippen LogP contribution in [0.2, 0.25) is 0 Å². The molecular weight excluding hydrogens is 290 g/mol. The van der Waals surface area contributed by atoms with Crippen LogP contribution in [0.15, 0.2) is 30.5 Å². The van der Waals surface area contributed by atoms with Crippen molar-refractivity contribution in [1.82, 2.24) is 9.97 Å². The number of halogens is 4. The quantitative estimate of drug-likeness (QED) is 0.882. The number of benzene rings is 1. The average Bonchev–Trinajstić information content (AvgIpc) is 2.42. The van der Waals surface area contributed by atoms with Gasteiger partial charge in [-0.1, -0.05) is 18.2 Å². The largest absolute Gasteiger partial charge is 0.463 e. The summed E-state index contributed by atoms with van der Waals surface area (Å²) in [5.41, 5.74) is 4.98. The van der Waals surface area contributed by atoms with Gasteiger partial charge < -0.3 is 10.5 Å². The van der Waals surface area contributed by atoms with Crippen LogP contribution in [0.4, 0.5) is 23.4 Å². The second-order valence-corrected chi connectivity index (χ2v) is 4.18. The van der Waals surface area contributed by atoms with Crippen molar-refractivity contribution in [2.24, 2.45) is 0 Å². The number of hydrogen-bond acceptors (Lipinski definition) is 4. The topological polar surface area (TPSA) is 61.0 Å². The maximum absolute atomic E-state index is 12.8. The van der Waals surface area contributed by atoms with Crippen LogP contribution >= 0.6 is 0 Å². The first kappa shape index (κ1) is 15.0. The second kappa shape index (κ2) is 5.94. The first-order valence-electron chi connectivity index (χ1n) is 5.93. The molecule has 0 saturated heterocycles. The Bertz CT molecular complexity index is 631. The fourth-order valence-corrected chi connectivity index (χ4v) is 1.60. The third-order valence-corrected chi connectivity index (χ3v) is 2.63. The summed E-state index contributed by atoms with van der Waals surface area (Å²) in [6, 6.07) is 4.79. The highest BCUT2D eigenvalue weighted by atomic mass is 19.4. The molecule has 0 unspecified atom stereocenters. The number of nitrogen functional groups attached to an aromatic ring is 1. The molecule has 2 aromatic rings. The molecule has 0 spiro atoms. The Morgan fingerprint density at radius 3 is 2.67 bits per heavy atom. The van der Waals surface area contributed by atoms with Crippen molar-refractivity contribution in [2.45, 2.75) is 12.6 Å². The monoisotopic (exact) mass is 301 g/mol. The van der Waals surface area contributed by atoms with Crippen LogP contribution in [0.1, 0.15) is 11.1 Å². The van der Waals surface area contributed by atoms with Crippen molar-refractivity contribution >= 4 is 5.82 Å². The molecule has 1 aromatic carbocycles. The molecule has 0 radical (unpaired) electrons. The van der Waals surface area contributed by atoms with E-state index in [1.165, 1.54) is 6.07 Å². The standard InChI is InChI=1S/C13H11F4N3O/c14-10-7-19-12(20-11(10)18)21-5-4-8-2-1-3-9(6-8)13(15,16)17/h1-3,6-7H,4-5H2,(H2,18,19,20). The van der Waals surface area contributed by atoms with Gasteiger partial charge in [0.15, 0.2) is 11.6 Å². The van der Waals surface area contributed by atoms with E-state index in [1.807, 2.05) is 0 Å². The van der Waals surface area contributed by atoms with Crippen LogP contribution in [0.5, 0.6) is 6.01 Å². The fraction of sp³-hybridized carbons (Fsp3) is 0.231. The molecule has 0 atom stereocenters. The van der Waals surface area contributed by atoms with E-state index >= 15 is 0 Å². The molecule has 0 bridgehead atoms. The zero-order chi connectivity index (χ0) is 15.5. The molecule has 0 saturated carbocycles. The number of aromatic nitrogens is 2. The van der Waals surface area contributed by atoms with Crippen LogP contribution in [-0.4, -0.2) is 16.6 Å². The number of alkyl halides is 3. The Morgan fingerprint density at radius 1 is 1.24 bits per heavy atom. The van der Waals surface area contributed by atoms with Crippen molar-refractivity contribution in [2.75, 3.05) is 12.3 Å². The van der Waals surface area contributed by atoms with Gasteiger partial charge in [-0.25, -0.2) is 9.37 Å². The number of ether oxygens (including phenoxy) is 1. The van der Waals surface area contributed by atoms with Gasteiger partial charge in [0.05, 0.1) is 18.4 Å². The number of nitrogens with two attached hydrogens (primary N) is 1. The molecule has 8 heteroatoms. The van der Waals surface area contributed by atoms with Gasteiger partial charge in [-0.3, -0.25) is 0 Å². The zero-order valence-corrected chi connectivity index (χ0v) is 10.7. The van der Waals surface area contributed by atoms with Crippen molar-refractivity contribution in [3.8, 4) is 6.01 Å². The molecule has 4 nitrogen and oxygen atoms in total. The summed E-state index contributed by atoms with van der Waals surface area (Å²) in [6.07, 6.45) is -3.29. The van der Waals surface area contributed by atoms with Gasteiger partial charge >= 0.3 is 12.2 Å². The highest BCUT2D eigenvalue weighted by molar-refractivity contribution is 5.29. The van der Waals surface area contributed by atoms with Crippen LogP contribution in [0, 0.1) is 5.82 Å². The highest BCUT2D eigenvalue weighted by Crippen LogP contribution is 2.29. The van der Waals surface area contributed by atoms with E-state index in [0.29, 0.717) is 5.56 Å². The molecule has 0 aliphatic carbocycles. The second-order valence-electron chi connectivity index (χ2n) is 4.18. The van der Waals surface area contributed by atoms with E-state index in [4.69, 9.17) is 10.5 Å². The molecule has 1 heterocycles. The SMILES string of the molecule is Nc1nc(OCCc2cccc(C(F)(F)F)c2)ncc1F. The number of rotatable bonds is 4. The molecular formula is C13H11F4N3O. The summed E-state index contributed by atoms with van der Waals surface area (Å²) in [6.45, 7) is 0.0480. The first-order chi connectivity index (χ1) is 9.86. The first-order valence-corrected chi connectivity index (χ1v) is 5.93. The van der Waals surface area contributed by atoms with Crippen molar-refractivity contribution < 1.29 is 22.3 Å². The van der Waals surface area contributed by atoms with Gasteiger partial charge in [-0.05, 0) is 11.6 Å². The van der Waals surface area contributed by atoms with Gasteiger partial charge in [-0.2, -0.15) is 18.2 Å². The third-order valence-electron chi connectivity index (χ3n) is 2.63. The lowest BCUT2D eigenvalue weighted by atomic mass is 10.1. The normalized spacial score (nSPS) is 11.4. The number of anilines is 1. The summed E-state index contributed by atoms with van der Waals surface area (Å²) in [7, 11) is 0. The predicted octanol–water partition coefficient (Wildman–Crippen LogP) is 2.84. The van der Waals surface area contributed by atoms with Crippen LogP contribution in [0.3, 0.4) is 0 Å². The highest BCUT2D eigenvalue weighted by Gasteiger charge is 2.30. The minimum absolute atomic E-state index is 0.0480. The minimum atomic E-state index is -4.38. The van der Waals surface area contributed by atoms with Gasteiger partial charge in [-0.15, -0.1) is 0 Å². The molecule has 1 aromatic heterocycles. The van der Waals surface area contributed by atoms with Gasteiger partial charge in [0, 0.05) is 6.42 Å². The Kier molecular flexibility index (Phi) is 4.25. The average molecular weight is 301 g/mol. The maximum atomic E-state index is 12.8. The van der Waals surface area contributed by atoms with Crippen LogP contribution < -0.4 is 10.5 Å². The van der Waals surface area contributed by atoms with Crippen molar-refractivity contribution in [3.05, 3.63) is 47.4 Å². The summed E-state index contributed by atoms with van der Waals surface area (Å²) in [4.78, 5) is 7.11. The summed E-state index contributed by atoms with van der Waals surface area (Å²) >= 11 is 0. The molecule has 0 aliphatic heterocycles. The van der Waals surface area contributed by atoms with Gasteiger partial charge in [0.2, 0.25) is 0 Å². The maximum Gasteiger partial charge on any atom is 0.416 e. The van der Waals surface area contributed by atoms with E-state index in [1.54, 1.807) is 6.07 Å². The van der Waals surface area contributed by atoms with E-state index in [0.717, 1.165) is 18.3 Å². The Morgan fingerprint density at radius 2 is 2.00 bits per heavy atom. The molecule has 112 valence electrons. The van der Waals surface area contributed by atoms with Crippen LogP contribution in [-0.2, 0) is 12.6 Å². The minimum Gasteiger partial charge on any atom is -0.463 e. The summed E-state index contributed by atoms with van der Waals surface area (Å²) in [5, 5.41) is 0. The molecule has 2 rings (SSSR count).